The first-order chi connectivity index (χ1) is 11.6. The molecule has 0 fully saturated rings. The van der Waals surface area contributed by atoms with Gasteiger partial charge in [-0.1, -0.05) is 35.9 Å². The Balaban J connectivity index is 1.76. The summed E-state index contributed by atoms with van der Waals surface area (Å²) in [6.45, 7) is 1.81. The zero-order valence-corrected chi connectivity index (χ0v) is 14.0. The third-order valence-electron chi connectivity index (χ3n) is 3.92. The second-order valence-corrected chi connectivity index (χ2v) is 6.04. The summed E-state index contributed by atoms with van der Waals surface area (Å²) in [6, 6.07) is 14.7. The molecule has 6 heteroatoms. The van der Waals surface area contributed by atoms with Crippen LogP contribution in [0.25, 0.3) is 11.0 Å². The standard InChI is InChI=1S/C18H18ClN3O2/c1-12(13-6-8-14(19)9-7-13)20-18(24)10-22-16-5-3-2-4-15(16)21-17(22)11-23/h2-9,12,23H,10-11H2,1H3,(H,20,24). The molecule has 0 aliphatic rings. The van der Waals surface area contributed by atoms with Crippen LogP contribution in [0.4, 0.5) is 0 Å². The summed E-state index contributed by atoms with van der Waals surface area (Å²) >= 11 is 5.88. The summed E-state index contributed by atoms with van der Waals surface area (Å²) in [7, 11) is 0. The Kier molecular flexibility index (Phi) is 4.83. The number of hydrogen-bond donors (Lipinski definition) is 2. The van der Waals surface area contributed by atoms with Crippen LogP contribution < -0.4 is 5.32 Å². The Hall–Kier alpha value is -2.37. The van der Waals surface area contributed by atoms with Gasteiger partial charge in [-0.15, -0.1) is 0 Å². The number of halogens is 1. The molecule has 2 N–H and O–H groups in total. The van der Waals surface area contributed by atoms with E-state index in [1.54, 1.807) is 16.7 Å². The molecule has 0 bridgehead atoms. The van der Waals surface area contributed by atoms with Crippen LogP contribution in [-0.4, -0.2) is 20.6 Å². The number of hydrogen-bond acceptors (Lipinski definition) is 3. The molecule has 1 aromatic heterocycles. The van der Waals surface area contributed by atoms with Crippen LogP contribution >= 0.6 is 11.6 Å². The molecule has 0 saturated heterocycles. The third-order valence-corrected chi connectivity index (χ3v) is 4.18. The zero-order valence-electron chi connectivity index (χ0n) is 13.2. The Labute approximate surface area is 144 Å². The largest absolute Gasteiger partial charge is 0.388 e. The Morgan fingerprint density at radius 2 is 1.96 bits per heavy atom. The topological polar surface area (TPSA) is 67.2 Å². The highest BCUT2D eigenvalue weighted by molar-refractivity contribution is 6.30. The van der Waals surface area contributed by atoms with Crippen LogP contribution in [0.1, 0.15) is 24.4 Å². The van der Waals surface area contributed by atoms with Crippen molar-refractivity contribution in [1.82, 2.24) is 14.9 Å². The number of aliphatic hydroxyl groups excluding tert-OH is 1. The van der Waals surface area contributed by atoms with Gasteiger partial charge in [0, 0.05) is 5.02 Å². The molecule has 0 aliphatic heterocycles. The maximum Gasteiger partial charge on any atom is 0.240 e. The first kappa shape index (κ1) is 16.5. The molecule has 1 amide bonds. The SMILES string of the molecule is CC(NC(=O)Cn1c(CO)nc2ccccc21)c1ccc(Cl)cc1. The minimum Gasteiger partial charge on any atom is -0.388 e. The van der Waals surface area contributed by atoms with E-state index in [9.17, 15) is 9.90 Å². The van der Waals surface area contributed by atoms with Crippen molar-refractivity contribution in [2.24, 2.45) is 0 Å². The fourth-order valence-corrected chi connectivity index (χ4v) is 2.81. The number of aliphatic hydroxyl groups is 1. The van der Waals surface area contributed by atoms with Gasteiger partial charge < -0.3 is 15.0 Å². The van der Waals surface area contributed by atoms with Crippen molar-refractivity contribution in [3.63, 3.8) is 0 Å². The van der Waals surface area contributed by atoms with E-state index in [-0.39, 0.29) is 25.1 Å². The number of benzene rings is 2. The molecular formula is C18H18ClN3O2. The van der Waals surface area contributed by atoms with Crippen molar-refractivity contribution in [3.8, 4) is 0 Å². The minimum absolute atomic E-state index is 0.105. The van der Waals surface area contributed by atoms with Gasteiger partial charge in [0.2, 0.25) is 5.91 Å². The van der Waals surface area contributed by atoms with E-state index in [0.29, 0.717) is 10.8 Å². The molecule has 0 radical (unpaired) electrons. The van der Waals surface area contributed by atoms with Gasteiger partial charge in [-0.3, -0.25) is 4.79 Å². The molecule has 0 saturated carbocycles. The lowest BCUT2D eigenvalue weighted by Gasteiger charge is -2.15. The number of carbonyl (C=O) groups is 1. The lowest BCUT2D eigenvalue weighted by molar-refractivity contribution is -0.122. The smallest absolute Gasteiger partial charge is 0.240 e. The predicted molar refractivity (Wildman–Crippen MR) is 93.7 cm³/mol. The lowest BCUT2D eigenvalue weighted by Crippen LogP contribution is -2.30. The molecule has 124 valence electrons. The van der Waals surface area contributed by atoms with E-state index in [1.165, 1.54) is 0 Å². The Morgan fingerprint density at radius 3 is 2.67 bits per heavy atom. The summed E-state index contributed by atoms with van der Waals surface area (Å²) in [5.41, 5.74) is 2.57. The van der Waals surface area contributed by atoms with E-state index in [4.69, 9.17) is 11.6 Å². The van der Waals surface area contributed by atoms with Gasteiger partial charge >= 0.3 is 0 Å². The number of nitrogens with zero attached hydrogens (tertiary/aromatic N) is 2. The highest BCUT2D eigenvalue weighted by atomic mass is 35.5. The van der Waals surface area contributed by atoms with Gasteiger partial charge in [0.05, 0.1) is 17.1 Å². The molecule has 2 aromatic carbocycles. The monoisotopic (exact) mass is 343 g/mol. The fourth-order valence-electron chi connectivity index (χ4n) is 2.69. The van der Waals surface area contributed by atoms with Crippen LogP contribution in [0.2, 0.25) is 5.02 Å². The van der Waals surface area contributed by atoms with E-state index in [0.717, 1.165) is 16.6 Å². The minimum atomic E-state index is -0.214. The fraction of sp³-hybridized carbons (Fsp3) is 0.222. The normalized spacial score (nSPS) is 12.3. The van der Waals surface area contributed by atoms with Gasteiger partial charge in [0.25, 0.3) is 0 Å². The van der Waals surface area contributed by atoms with Crippen molar-refractivity contribution < 1.29 is 9.90 Å². The molecular weight excluding hydrogens is 326 g/mol. The molecule has 3 rings (SSSR count). The second-order valence-electron chi connectivity index (χ2n) is 5.60. The van der Waals surface area contributed by atoms with Crippen molar-refractivity contribution in [2.45, 2.75) is 26.1 Å². The number of carbonyl (C=O) groups excluding carboxylic acids is 1. The third kappa shape index (κ3) is 3.42. The van der Waals surface area contributed by atoms with Gasteiger partial charge in [0.15, 0.2) is 0 Å². The summed E-state index contributed by atoms with van der Waals surface area (Å²) in [4.78, 5) is 16.8. The van der Waals surface area contributed by atoms with Crippen molar-refractivity contribution in [3.05, 3.63) is 64.9 Å². The van der Waals surface area contributed by atoms with E-state index < -0.39 is 0 Å². The number of fused-ring (bicyclic) bond motifs is 1. The molecule has 3 aromatic rings. The highest BCUT2D eigenvalue weighted by Gasteiger charge is 2.15. The molecule has 0 aliphatic carbocycles. The Morgan fingerprint density at radius 1 is 1.25 bits per heavy atom. The zero-order chi connectivity index (χ0) is 17.1. The predicted octanol–water partition coefficient (Wildman–Crippen LogP) is 3.06. The Bertz CT molecular complexity index is 858. The van der Waals surface area contributed by atoms with Crippen LogP contribution in [0.15, 0.2) is 48.5 Å². The average Bonchev–Trinajstić information content (AvgIpc) is 2.93. The van der Waals surface area contributed by atoms with Crippen LogP contribution in [0.3, 0.4) is 0 Å². The molecule has 24 heavy (non-hydrogen) atoms. The summed E-state index contributed by atoms with van der Waals surface area (Å²) < 4.78 is 1.74. The number of rotatable bonds is 5. The summed E-state index contributed by atoms with van der Waals surface area (Å²) in [6.07, 6.45) is 0. The van der Waals surface area contributed by atoms with E-state index >= 15 is 0 Å². The second kappa shape index (κ2) is 7.03. The van der Waals surface area contributed by atoms with Gasteiger partial charge in [-0.05, 0) is 36.8 Å². The van der Waals surface area contributed by atoms with Crippen LogP contribution in [-0.2, 0) is 17.9 Å². The van der Waals surface area contributed by atoms with Gasteiger partial charge in [-0.25, -0.2) is 4.98 Å². The van der Waals surface area contributed by atoms with Crippen molar-refractivity contribution >= 4 is 28.5 Å². The van der Waals surface area contributed by atoms with Crippen molar-refractivity contribution in [2.75, 3.05) is 0 Å². The van der Waals surface area contributed by atoms with Gasteiger partial charge in [0.1, 0.15) is 19.0 Å². The number of imidazole rings is 1. The first-order valence-corrected chi connectivity index (χ1v) is 8.06. The molecule has 5 nitrogen and oxygen atoms in total. The van der Waals surface area contributed by atoms with Crippen LogP contribution in [0.5, 0.6) is 0 Å². The molecule has 0 spiro atoms. The maximum absolute atomic E-state index is 12.4. The van der Waals surface area contributed by atoms with E-state index in [1.807, 2.05) is 43.3 Å². The molecule has 1 heterocycles. The lowest BCUT2D eigenvalue weighted by atomic mass is 10.1. The van der Waals surface area contributed by atoms with E-state index in [2.05, 4.69) is 10.3 Å². The number of amides is 1. The first-order valence-electron chi connectivity index (χ1n) is 7.68. The summed E-state index contributed by atoms with van der Waals surface area (Å²) in [5, 5.41) is 13.1. The molecule has 1 atom stereocenters. The number of para-hydroxylation sites is 2. The summed E-state index contributed by atoms with van der Waals surface area (Å²) in [5.74, 6) is 0.334. The number of aromatic nitrogens is 2. The highest BCUT2D eigenvalue weighted by Crippen LogP contribution is 2.18. The van der Waals surface area contributed by atoms with Gasteiger partial charge in [-0.2, -0.15) is 0 Å². The number of nitrogens with one attached hydrogen (secondary N) is 1. The maximum atomic E-state index is 12.4. The van der Waals surface area contributed by atoms with Crippen molar-refractivity contribution in [1.29, 1.82) is 0 Å². The molecule has 1 unspecified atom stereocenters. The average molecular weight is 344 g/mol. The van der Waals surface area contributed by atoms with Crippen LogP contribution in [0, 0.1) is 0 Å². The quantitative estimate of drug-likeness (QED) is 0.748.